The van der Waals surface area contributed by atoms with Crippen LogP contribution < -0.4 is 0 Å². The fraction of sp³-hybridized carbons (Fsp3) is 1.00. The van der Waals surface area contributed by atoms with Crippen molar-refractivity contribution in [3.8, 4) is 0 Å². The van der Waals surface area contributed by atoms with Crippen LogP contribution in [0.5, 0.6) is 0 Å². The van der Waals surface area contributed by atoms with Crippen LogP contribution in [0.15, 0.2) is 0 Å². The van der Waals surface area contributed by atoms with Crippen LogP contribution in [-0.4, -0.2) is 12.3 Å². The van der Waals surface area contributed by atoms with Gasteiger partial charge in [-0.05, 0) is 41.7 Å². The van der Waals surface area contributed by atoms with Gasteiger partial charge < -0.3 is 0 Å². The van der Waals surface area contributed by atoms with E-state index in [9.17, 15) is 0 Å². The Balaban J connectivity index is 2.83. The molecule has 0 amide bonds. The molecule has 0 fully saturated rings. The van der Waals surface area contributed by atoms with Gasteiger partial charge in [0.1, 0.15) is 0 Å². The van der Waals surface area contributed by atoms with Crippen LogP contribution in [0.3, 0.4) is 0 Å². The van der Waals surface area contributed by atoms with Crippen LogP contribution >= 0.6 is 16.5 Å². The van der Waals surface area contributed by atoms with Crippen LogP contribution in [0.2, 0.25) is 0 Å². The minimum atomic E-state index is 1.37. The lowest BCUT2D eigenvalue weighted by Gasteiger charge is -2.01. The zero-order valence-corrected chi connectivity index (χ0v) is 13.2. The normalized spacial score (nSPS) is 12.4. The molecule has 2 heteroatoms. The molecule has 16 heavy (non-hydrogen) atoms. The monoisotopic (exact) mass is 260 g/mol. The van der Waals surface area contributed by atoms with E-state index >= 15 is 0 Å². The summed E-state index contributed by atoms with van der Waals surface area (Å²) in [5, 5.41) is 0. The van der Waals surface area contributed by atoms with Crippen molar-refractivity contribution >= 4 is 16.5 Å². The fourth-order valence-electron chi connectivity index (χ4n) is 1.71. The topological polar surface area (TPSA) is 0 Å². The number of hydrogen-bond donors (Lipinski definition) is 0. The second-order valence-electron chi connectivity index (χ2n) is 4.56. The molecular formula is C14H30P2. The molecule has 0 atom stereocenters. The van der Waals surface area contributed by atoms with Crippen LogP contribution in [0.1, 0.15) is 78.1 Å². The van der Waals surface area contributed by atoms with E-state index in [1.54, 1.807) is 16.5 Å². The highest BCUT2D eigenvalue weighted by atomic mass is 32.0. The van der Waals surface area contributed by atoms with Crippen molar-refractivity contribution in [1.82, 2.24) is 0 Å². The van der Waals surface area contributed by atoms with Gasteiger partial charge in [0.05, 0.1) is 0 Å². The largest absolute Gasteiger partial charge is 0.0654 e. The molecule has 0 aliphatic carbocycles. The molecule has 0 rings (SSSR count). The van der Waals surface area contributed by atoms with Crippen molar-refractivity contribution in [2.45, 2.75) is 78.1 Å². The SMILES string of the molecule is CCCCCCCC[P][P]CCCCCC. The first-order valence-electron chi connectivity index (χ1n) is 7.25. The predicted octanol–water partition coefficient (Wildman–Crippen LogP) is 6.73. The van der Waals surface area contributed by atoms with Gasteiger partial charge in [-0.3, -0.25) is 0 Å². The van der Waals surface area contributed by atoms with Crippen molar-refractivity contribution < 1.29 is 0 Å². The molecule has 0 heterocycles. The molecule has 0 aromatic heterocycles. The van der Waals surface area contributed by atoms with Gasteiger partial charge in [-0.2, -0.15) is 0 Å². The van der Waals surface area contributed by atoms with Gasteiger partial charge in [0, 0.05) is 0 Å². The van der Waals surface area contributed by atoms with Crippen molar-refractivity contribution in [2.75, 3.05) is 12.3 Å². The smallest absolute Gasteiger partial charge is 0.0242 e. The third-order valence-electron chi connectivity index (χ3n) is 2.82. The van der Waals surface area contributed by atoms with E-state index in [4.69, 9.17) is 0 Å². The van der Waals surface area contributed by atoms with Gasteiger partial charge in [0.15, 0.2) is 0 Å². The third-order valence-corrected chi connectivity index (χ3v) is 5.86. The molecule has 0 N–H and O–H groups in total. The first kappa shape index (κ1) is 16.9. The quantitative estimate of drug-likeness (QED) is 0.254. The van der Waals surface area contributed by atoms with E-state index in [2.05, 4.69) is 13.8 Å². The van der Waals surface area contributed by atoms with E-state index in [0.29, 0.717) is 0 Å². The number of hydrogen-bond acceptors (Lipinski definition) is 0. The first-order chi connectivity index (χ1) is 7.91. The molecule has 0 saturated carbocycles. The summed E-state index contributed by atoms with van der Waals surface area (Å²) in [6, 6.07) is 0. The van der Waals surface area contributed by atoms with E-state index < -0.39 is 0 Å². The maximum Gasteiger partial charge on any atom is -0.0242 e. The Kier molecular flexibility index (Phi) is 16.7. The lowest BCUT2D eigenvalue weighted by molar-refractivity contribution is 0.627. The highest BCUT2D eigenvalue weighted by molar-refractivity contribution is 8.11. The Bertz CT molecular complexity index is 101. The van der Waals surface area contributed by atoms with Gasteiger partial charge in [-0.25, -0.2) is 0 Å². The average Bonchev–Trinajstić information content (AvgIpc) is 2.31. The van der Waals surface area contributed by atoms with Crippen LogP contribution in [0.4, 0.5) is 0 Å². The molecule has 96 valence electrons. The Morgan fingerprint density at radius 3 is 1.38 bits per heavy atom. The average molecular weight is 260 g/mol. The molecule has 0 aliphatic heterocycles. The molecule has 0 aromatic carbocycles. The van der Waals surface area contributed by atoms with Crippen molar-refractivity contribution in [1.29, 1.82) is 0 Å². The number of unbranched alkanes of at least 4 members (excludes halogenated alkanes) is 8. The standard InChI is InChI=1S/C14H30P2/c1-3-5-7-9-10-12-14-16-15-13-11-8-6-4-2/h3-14H2,1-2H3. The summed E-state index contributed by atoms with van der Waals surface area (Å²) < 4.78 is 0. The minimum absolute atomic E-state index is 1.37. The van der Waals surface area contributed by atoms with Crippen molar-refractivity contribution in [3.05, 3.63) is 0 Å². The highest BCUT2D eigenvalue weighted by Gasteiger charge is 1.93. The Morgan fingerprint density at radius 1 is 0.500 bits per heavy atom. The lowest BCUT2D eigenvalue weighted by atomic mass is 10.1. The summed E-state index contributed by atoms with van der Waals surface area (Å²) in [6.07, 6.45) is 17.3. The van der Waals surface area contributed by atoms with E-state index in [0.717, 1.165) is 0 Å². The van der Waals surface area contributed by atoms with Gasteiger partial charge in [-0.1, -0.05) is 65.2 Å². The summed E-state index contributed by atoms with van der Waals surface area (Å²) in [6.45, 7) is 4.57. The predicted molar refractivity (Wildman–Crippen MR) is 81.1 cm³/mol. The van der Waals surface area contributed by atoms with Crippen molar-refractivity contribution in [3.63, 3.8) is 0 Å². The van der Waals surface area contributed by atoms with E-state index in [-0.39, 0.29) is 0 Å². The maximum atomic E-state index is 2.29. The van der Waals surface area contributed by atoms with E-state index in [1.807, 2.05) is 0 Å². The van der Waals surface area contributed by atoms with Crippen LogP contribution in [-0.2, 0) is 0 Å². The molecule has 2 radical (unpaired) electrons. The zero-order chi connectivity index (χ0) is 11.9. The fourth-order valence-corrected chi connectivity index (χ4v) is 4.42. The molecule has 0 saturated heterocycles. The molecule has 0 aromatic rings. The maximum absolute atomic E-state index is 2.29. The molecular weight excluding hydrogens is 230 g/mol. The first-order valence-corrected chi connectivity index (χ1v) is 10.1. The zero-order valence-electron chi connectivity index (χ0n) is 11.4. The van der Waals surface area contributed by atoms with Gasteiger partial charge in [-0.15, -0.1) is 0 Å². The van der Waals surface area contributed by atoms with Gasteiger partial charge in [0.2, 0.25) is 0 Å². The Morgan fingerprint density at radius 2 is 0.875 bits per heavy atom. The van der Waals surface area contributed by atoms with Crippen molar-refractivity contribution in [2.24, 2.45) is 0 Å². The number of rotatable bonds is 13. The van der Waals surface area contributed by atoms with Gasteiger partial charge >= 0.3 is 0 Å². The molecule has 0 unspecified atom stereocenters. The van der Waals surface area contributed by atoms with Crippen LogP contribution in [0, 0.1) is 0 Å². The highest BCUT2D eigenvalue weighted by Crippen LogP contribution is 2.38. The summed E-state index contributed by atoms with van der Waals surface area (Å²) in [4.78, 5) is 0. The summed E-state index contributed by atoms with van der Waals surface area (Å²) >= 11 is 0. The summed E-state index contributed by atoms with van der Waals surface area (Å²) in [5.74, 6) is 0. The molecule has 0 nitrogen and oxygen atoms in total. The molecule has 0 bridgehead atoms. The Hall–Kier alpha value is 0.860. The lowest BCUT2D eigenvalue weighted by Crippen LogP contribution is -1.80. The van der Waals surface area contributed by atoms with E-state index in [1.165, 1.54) is 76.5 Å². The van der Waals surface area contributed by atoms with Crippen LogP contribution in [0.25, 0.3) is 0 Å². The minimum Gasteiger partial charge on any atom is -0.0654 e. The third kappa shape index (κ3) is 14.9. The molecule has 0 spiro atoms. The molecule has 0 aliphatic rings. The summed E-state index contributed by atoms with van der Waals surface area (Å²) in [7, 11) is 3.37. The van der Waals surface area contributed by atoms with Gasteiger partial charge in [0.25, 0.3) is 0 Å². The summed E-state index contributed by atoms with van der Waals surface area (Å²) in [5.41, 5.74) is 0. The second kappa shape index (κ2) is 15.9. The second-order valence-corrected chi connectivity index (χ2v) is 7.72. The Labute approximate surface area is 107 Å².